The fraction of sp³-hybridized carbons (Fsp3) is 0.520. The lowest BCUT2D eigenvalue weighted by molar-refractivity contribution is -0.293. The summed E-state index contributed by atoms with van der Waals surface area (Å²) in [5.41, 5.74) is 4.70. The lowest BCUT2D eigenvalue weighted by atomic mass is 9.86. The minimum Gasteiger partial charge on any atom is -0.361 e. The number of fused-ring (bicyclic) bond motifs is 1. The Balaban J connectivity index is 0.00000240. The van der Waals surface area contributed by atoms with E-state index in [4.69, 9.17) is 4.74 Å². The van der Waals surface area contributed by atoms with E-state index in [1.807, 2.05) is 12.1 Å². The van der Waals surface area contributed by atoms with Gasteiger partial charge in [0.1, 0.15) is 0 Å². The van der Waals surface area contributed by atoms with Gasteiger partial charge < -0.3 is 9.84 Å². The molecule has 1 heterocycles. The van der Waals surface area contributed by atoms with Crippen molar-refractivity contribution in [1.29, 1.82) is 0 Å². The number of nitrogens with zero attached hydrogens (tertiary/aromatic N) is 1. The Morgan fingerprint density at radius 2 is 1.48 bits per heavy atom. The SMILES string of the molecule is Br.CN1CC(O)(c2ccc(-c3ccc(C(C)(C)C)cc3)cc2)OC2CCCCC21. The number of rotatable bonds is 2. The maximum atomic E-state index is 11.3. The van der Waals surface area contributed by atoms with Crippen molar-refractivity contribution in [1.82, 2.24) is 4.90 Å². The molecule has 3 atom stereocenters. The van der Waals surface area contributed by atoms with Gasteiger partial charge in [-0.25, -0.2) is 0 Å². The largest absolute Gasteiger partial charge is 0.361 e. The molecular formula is C25H34BrNO2. The summed E-state index contributed by atoms with van der Waals surface area (Å²) in [6.07, 6.45) is 4.78. The first-order valence-corrected chi connectivity index (χ1v) is 10.6. The Morgan fingerprint density at radius 1 is 0.931 bits per heavy atom. The van der Waals surface area contributed by atoms with Crippen LogP contribution in [0.3, 0.4) is 0 Å². The zero-order valence-corrected chi connectivity index (χ0v) is 19.7. The first-order chi connectivity index (χ1) is 13.3. The van der Waals surface area contributed by atoms with Crippen molar-refractivity contribution >= 4 is 17.0 Å². The summed E-state index contributed by atoms with van der Waals surface area (Å²) in [4.78, 5) is 2.28. The summed E-state index contributed by atoms with van der Waals surface area (Å²) >= 11 is 0. The average Bonchev–Trinajstić information content (AvgIpc) is 2.67. The first kappa shape index (κ1) is 22.5. The minimum absolute atomic E-state index is 0. The molecule has 2 aromatic carbocycles. The number of hydrogen-bond donors (Lipinski definition) is 1. The summed E-state index contributed by atoms with van der Waals surface area (Å²) in [7, 11) is 2.11. The lowest BCUT2D eigenvalue weighted by Crippen LogP contribution is -2.58. The standard InChI is InChI=1S/C25H33NO2.BrH/c1-24(2,3)20-13-9-18(10-14-20)19-11-15-21(16-12-19)25(27)17-26(4)22-7-5-6-8-23(22)28-25;/h9-16,22-23,27H,5-8,17H2,1-4H3;1H. The summed E-state index contributed by atoms with van der Waals surface area (Å²) in [5.74, 6) is -1.22. The van der Waals surface area contributed by atoms with Crippen LogP contribution in [0.25, 0.3) is 11.1 Å². The molecule has 1 aliphatic carbocycles. The fourth-order valence-corrected chi connectivity index (χ4v) is 4.71. The van der Waals surface area contributed by atoms with Crippen molar-refractivity contribution in [3.05, 3.63) is 59.7 Å². The van der Waals surface area contributed by atoms with Gasteiger partial charge in [-0.15, -0.1) is 17.0 Å². The van der Waals surface area contributed by atoms with Crippen molar-refractivity contribution < 1.29 is 9.84 Å². The van der Waals surface area contributed by atoms with Crippen molar-refractivity contribution in [3.63, 3.8) is 0 Å². The number of ether oxygens (including phenoxy) is 1. The summed E-state index contributed by atoms with van der Waals surface area (Å²) in [5, 5.41) is 11.3. The third kappa shape index (κ3) is 4.61. The van der Waals surface area contributed by atoms with Crippen LogP contribution in [0.4, 0.5) is 0 Å². The van der Waals surface area contributed by atoms with Crippen LogP contribution < -0.4 is 0 Å². The summed E-state index contributed by atoms with van der Waals surface area (Å²) in [6.45, 7) is 7.22. The van der Waals surface area contributed by atoms with E-state index >= 15 is 0 Å². The van der Waals surface area contributed by atoms with E-state index in [9.17, 15) is 5.11 Å². The smallest absolute Gasteiger partial charge is 0.205 e. The molecule has 29 heavy (non-hydrogen) atoms. The van der Waals surface area contributed by atoms with Gasteiger partial charge in [0.05, 0.1) is 12.6 Å². The van der Waals surface area contributed by atoms with E-state index in [1.165, 1.54) is 30.4 Å². The molecule has 2 fully saturated rings. The second-order valence-electron chi connectivity index (χ2n) is 9.61. The van der Waals surface area contributed by atoms with Crippen LogP contribution in [0, 0.1) is 0 Å². The second-order valence-corrected chi connectivity index (χ2v) is 9.61. The summed E-state index contributed by atoms with van der Waals surface area (Å²) in [6, 6.07) is 17.4. The monoisotopic (exact) mass is 459 g/mol. The molecule has 1 saturated carbocycles. The molecule has 0 aromatic heterocycles. The minimum atomic E-state index is -1.22. The zero-order chi connectivity index (χ0) is 19.9. The molecule has 158 valence electrons. The Labute approximate surface area is 185 Å². The Kier molecular flexibility index (Phi) is 6.59. The highest BCUT2D eigenvalue weighted by Gasteiger charge is 2.45. The van der Waals surface area contributed by atoms with Crippen LogP contribution >= 0.6 is 17.0 Å². The highest BCUT2D eigenvalue weighted by Crippen LogP contribution is 2.38. The number of morpholine rings is 1. The third-order valence-corrected chi connectivity index (χ3v) is 6.46. The molecule has 1 aliphatic heterocycles. The van der Waals surface area contributed by atoms with Crippen LogP contribution in [0.5, 0.6) is 0 Å². The average molecular weight is 460 g/mol. The Morgan fingerprint density at radius 3 is 2.07 bits per heavy atom. The quantitative estimate of drug-likeness (QED) is 0.629. The van der Waals surface area contributed by atoms with Crippen LogP contribution in [-0.2, 0) is 15.9 Å². The van der Waals surface area contributed by atoms with Crippen LogP contribution in [-0.4, -0.2) is 35.7 Å². The molecule has 4 rings (SSSR count). The topological polar surface area (TPSA) is 32.7 Å². The molecule has 1 saturated heterocycles. The normalized spacial score (nSPS) is 27.8. The number of benzene rings is 2. The van der Waals surface area contributed by atoms with Gasteiger partial charge in [0.2, 0.25) is 5.79 Å². The van der Waals surface area contributed by atoms with Gasteiger partial charge in [-0.05, 0) is 42.0 Å². The van der Waals surface area contributed by atoms with E-state index in [0.717, 1.165) is 17.5 Å². The Hall–Kier alpha value is -1.20. The highest BCUT2D eigenvalue weighted by atomic mass is 79.9. The van der Waals surface area contributed by atoms with Crippen molar-refractivity contribution in [2.75, 3.05) is 13.6 Å². The maximum Gasteiger partial charge on any atom is 0.205 e. The molecule has 0 spiro atoms. The van der Waals surface area contributed by atoms with Gasteiger partial charge in [0.25, 0.3) is 0 Å². The molecule has 4 heteroatoms. The van der Waals surface area contributed by atoms with E-state index in [2.05, 4.69) is 69.1 Å². The van der Waals surface area contributed by atoms with Gasteiger partial charge in [0.15, 0.2) is 0 Å². The molecule has 1 N–H and O–H groups in total. The van der Waals surface area contributed by atoms with E-state index in [0.29, 0.717) is 12.6 Å². The fourth-order valence-electron chi connectivity index (χ4n) is 4.71. The molecule has 0 amide bonds. The number of likely N-dealkylation sites (N-methyl/N-ethyl adjacent to an activating group) is 1. The lowest BCUT2D eigenvalue weighted by Gasteiger charge is -2.49. The van der Waals surface area contributed by atoms with E-state index in [-0.39, 0.29) is 28.5 Å². The van der Waals surface area contributed by atoms with Gasteiger partial charge in [-0.2, -0.15) is 0 Å². The number of aliphatic hydroxyl groups is 1. The molecule has 0 radical (unpaired) electrons. The number of halogens is 1. The number of hydrogen-bond acceptors (Lipinski definition) is 3. The first-order valence-electron chi connectivity index (χ1n) is 10.6. The van der Waals surface area contributed by atoms with Crippen molar-refractivity contribution in [2.24, 2.45) is 0 Å². The molecule has 2 aliphatic rings. The third-order valence-electron chi connectivity index (χ3n) is 6.46. The second kappa shape index (κ2) is 8.50. The zero-order valence-electron chi connectivity index (χ0n) is 18.0. The molecule has 0 bridgehead atoms. The van der Waals surface area contributed by atoms with Gasteiger partial charge in [-0.3, -0.25) is 4.90 Å². The maximum absolute atomic E-state index is 11.3. The van der Waals surface area contributed by atoms with Crippen LogP contribution in [0.2, 0.25) is 0 Å². The van der Waals surface area contributed by atoms with E-state index < -0.39 is 5.79 Å². The van der Waals surface area contributed by atoms with Crippen LogP contribution in [0.15, 0.2) is 48.5 Å². The molecule has 3 nitrogen and oxygen atoms in total. The predicted octanol–water partition coefficient (Wildman–Crippen LogP) is 5.65. The van der Waals surface area contributed by atoms with Crippen molar-refractivity contribution in [3.8, 4) is 11.1 Å². The number of β-amino-alcohol motifs (C(OH)–C–C–N with tert-alkyl or cyclic N) is 1. The highest BCUT2D eigenvalue weighted by molar-refractivity contribution is 8.93. The molecular weight excluding hydrogens is 426 g/mol. The van der Waals surface area contributed by atoms with Gasteiger partial charge in [-0.1, -0.05) is 82.1 Å². The van der Waals surface area contributed by atoms with Crippen LogP contribution in [0.1, 0.15) is 57.6 Å². The Bertz CT molecular complexity index is 812. The predicted molar refractivity (Wildman–Crippen MR) is 125 cm³/mol. The molecule has 2 aromatic rings. The van der Waals surface area contributed by atoms with E-state index in [1.54, 1.807) is 0 Å². The summed E-state index contributed by atoms with van der Waals surface area (Å²) < 4.78 is 6.25. The van der Waals surface area contributed by atoms with Gasteiger partial charge >= 0.3 is 0 Å². The van der Waals surface area contributed by atoms with Gasteiger partial charge in [0, 0.05) is 11.6 Å². The molecule has 3 unspecified atom stereocenters. The van der Waals surface area contributed by atoms with Crippen molar-refractivity contribution in [2.45, 2.75) is 69.8 Å².